The summed E-state index contributed by atoms with van der Waals surface area (Å²) in [7, 11) is 0. The highest BCUT2D eigenvalue weighted by atomic mass is 32.1. The average molecular weight is 398 g/mol. The zero-order valence-electron chi connectivity index (χ0n) is 15.2. The van der Waals surface area contributed by atoms with Gasteiger partial charge in [0.15, 0.2) is 11.0 Å². The lowest BCUT2D eigenvalue weighted by Gasteiger charge is -2.30. The lowest BCUT2D eigenvalue weighted by atomic mass is 9.96. The maximum atomic E-state index is 12.6. The van der Waals surface area contributed by atoms with Gasteiger partial charge in [-0.15, -0.1) is 11.3 Å². The van der Waals surface area contributed by atoms with Crippen LogP contribution in [0.1, 0.15) is 42.0 Å². The Morgan fingerprint density at radius 3 is 2.68 bits per heavy atom. The second-order valence-electron chi connectivity index (χ2n) is 6.48. The van der Waals surface area contributed by atoms with Crippen molar-refractivity contribution in [1.29, 1.82) is 0 Å². The Labute approximate surface area is 164 Å². The quantitative estimate of drug-likeness (QED) is 0.718. The highest BCUT2D eigenvalue weighted by Crippen LogP contribution is 2.29. The number of nitrogens with zero attached hydrogens (tertiary/aromatic N) is 5. The number of thiazole rings is 1. The summed E-state index contributed by atoms with van der Waals surface area (Å²) in [5.41, 5.74) is 1.19. The average Bonchev–Trinajstić information content (AvgIpc) is 3.38. The van der Waals surface area contributed by atoms with Crippen LogP contribution >= 0.6 is 11.3 Å². The number of pyridine rings is 1. The van der Waals surface area contributed by atoms with E-state index < -0.39 is 0 Å². The maximum Gasteiger partial charge on any atom is 0.273 e. The van der Waals surface area contributed by atoms with Crippen molar-refractivity contribution >= 4 is 28.3 Å². The molecule has 1 saturated heterocycles. The van der Waals surface area contributed by atoms with Gasteiger partial charge in [-0.25, -0.2) is 4.98 Å². The lowest BCUT2D eigenvalue weighted by molar-refractivity contribution is -0.114. The van der Waals surface area contributed by atoms with Crippen molar-refractivity contribution in [3.8, 4) is 11.5 Å². The minimum atomic E-state index is -0.208. The molecule has 1 N–H and O–H groups in total. The van der Waals surface area contributed by atoms with E-state index in [1.807, 2.05) is 12.1 Å². The molecule has 28 heavy (non-hydrogen) atoms. The normalized spacial score (nSPS) is 14.8. The molecule has 0 spiro atoms. The molecular formula is C18H18N6O3S. The van der Waals surface area contributed by atoms with Crippen LogP contribution in [-0.4, -0.2) is 49.9 Å². The van der Waals surface area contributed by atoms with Gasteiger partial charge in [0.1, 0.15) is 5.69 Å². The summed E-state index contributed by atoms with van der Waals surface area (Å²) in [6, 6.07) is 3.64. The van der Waals surface area contributed by atoms with Gasteiger partial charge >= 0.3 is 0 Å². The van der Waals surface area contributed by atoms with E-state index in [0.29, 0.717) is 35.6 Å². The molecule has 3 aromatic rings. The number of amides is 2. The largest absolute Gasteiger partial charge is 0.337 e. The molecule has 0 aliphatic carbocycles. The Hall–Kier alpha value is -3.14. The number of hydrogen-bond acceptors (Lipinski definition) is 8. The van der Waals surface area contributed by atoms with Crippen LogP contribution in [0.25, 0.3) is 11.5 Å². The summed E-state index contributed by atoms with van der Waals surface area (Å²) < 4.78 is 5.37. The predicted molar refractivity (Wildman–Crippen MR) is 102 cm³/mol. The van der Waals surface area contributed by atoms with Crippen molar-refractivity contribution in [2.45, 2.75) is 25.7 Å². The fourth-order valence-electron chi connectivity index (χ4n) is 3.10. The zero-order chi connectivity index (χ0) is 19.5. The van der Waals surface area contributed by atoms with E-state index in [1.165, 1.54) is 18.3 Å². The second kappa shape index (κ2) is 7.85. The van der Waals surface area contributed by atoms with Gasteiger partial charge in [0.25, 0.3) is 11.8 Å². The van der Waals surface area contributed by atoms with Crippen LogP contribution in [-0.2, 0) is 4.79 Å². The Bertz CT molecular complexity index is 978. The van der Waals surface area contributed by atoms with Crippen LogP contribution in [0.5, 0.6) is 0 Å². The Balaban J connectivity index is 1.37. The first kappa shape index (κ1) is 18.2. The molecule has 1 aliphatic heterocycles. The van der Waals surface area contributed by atoms with Crippen LogP contribution < -0.4 is 5.32 Å². The standard InChI is InChI=1S/C18H18N6O3S/c1-11(25)20-18-21-14(10-28-18)17(26)24-8-4-12(5-9-24)15-22-16(27-23-15)13-2-6-19-7-3-13/h2-3,6-7,10,12H,4-5,8-9H2,1H3,(H,20,21,25). The van der Waals surface area contributed by atoms with Gasteiger partial charge in [-0.2, -0.15) is 4.98 Å². The number of piperidine rings is 1. The highest BCUT2D eigenvalue weighted by molar-refractivity contribution is 7.14. The van der Waals surface area contributed by atoms with E-state index in [-0.39, 0.29) is 17.7 Å². The number of hydrogen-bond donors (Lipinski definition) is 1. The first-order valence-electron chi connectivity index (χ1n) is 8.86. The molecule has 1 aliphatic rings. The first-order chi connectivity index (χ1) is 13.6. The van der Waals surface area contributed by atoms with E-state index in [0.717, 1.165) is 18.4 Å². The Morgan fingerprint density at radius 1 is 1.21 bits per heavy atom. The SMILES string of the molecule is CC(=O)Nc1nc(C(=O)N2CCC(c3noc(-c4ccncc4)n3)CC2)cs1. The van der Waals surface area contributed by atoms with Gasteiger partial charge in [0.05, 0.1) is 0 Å². The summed E-state index contributed by atoms with van der Waals surface area (Å²) in [6.45, 7) is 2.59. The van der Waals surface area contributed by atoms with Gasteiger partial charge in [0.2, 0.25) is 5.91 Å². The van der Waals surface area contributed by atoms with Gasteiger partial charge in [-0.3, -0.25) is 14.6 Å². The number of aromatic nitrogens is 4. The van der Waals surface area contributed by atoms with E-state index in [9.17, 15) is 9.59 Å². The molecule has 2 amide bonds. The van der Waals surface area contributed by atoms with Crippen molar-refractivity contribution in [3.63, 3.8) is 0 Å². The maximum absolute atomic E-state index is 12.6. The first-order valence-corrected chi connectivity index (χ1v) is 9.74. The molecule has 1 fully saturated rings. The van der Waals surface area contributed by atoms with Crippen LogP contribution in [0, 0.1) is 0 Å². The van der Waals surface area contributed by atoms with Crippen LogP contribution in [0.4, 0.5) is 5.13 Å². The summed E-state index contributed by atoms with van der Waals surface area (Å²) in [4.78, 5) is 38.2. The summed E-state index contributed by atoms with van der Waals surface area (Å²) in [5, 5.41) is 8.81. The molecule has 4 heterocycles. The fraction of sp³-hybridized carbons (Fsp3) is 0.333. The van der Waals surface area contributed by atoms with Gasteiger partial charge in [-0.1, -0.05) is 5.16 Å². The molecular weight excluding hydrogens is 380 g/mol. The molecule has 0 radical (unpaired) electrons. The molecule has 0 unspecified atom stereocenters. The molecule has 9 nitrogen and oxygen atoms in total. The van der Waals surface area contributed by atoms with Crippen molar-refractivity contribution in [2.24, 2.45) is 0 Å². The number of nitrogens with one attached hydrogen (secondary N) is 1. The van der Waals surface area contributed by atoms with E-state index in [2.05, 4.69) is 25.4 Å². The third-order valence-corrected chi connectivity index (χ3v) is 5.28. The van der Waals surface area contributed by atoms with Crippen LogP contribution in [0.2, 0.25) is 0 Å². The van der Waals surface area contributed by atoms with E-state index in [1.54, 1.807) is 22.7 Å². The molecule has 0 bridgehead atoms. The number of carbonyl (C=O) groups excluding carboxylic acids is 2. The van der Waals surface area contributed by atoms with Crippen molar-refractivity contribution in [3.05, 3.63) is 41.4 Å². The molecule has 144 valence electrons. The molecule has 0 saturated carbocycles. The lowest BCUT2D eigenvalue weighted by Crippen LogP contribution is -2.38. The van der Waals surface area contributed by atoms with Crippen molar-refractivity contribution in [1.82, 2.24) is 25.0 Å². The van der Waals surface area contributed by atoms with Crippen molar-refractivity contribution in [2.75, 3.05) is 18.4 Å². The van der Waals surface area contributed by atoms with E-state index >= 15 is 0 Å². The number of likely N-dealkylation sites (tertiary alicyclic amines) is 1. The van der Waals surface area contributed by atoms with Gasteiger partial charge in [-0.05, 0) is 25.0 Å². The molecule has 3 aromatic heterocycles. The van der Waals surface area contributed by atoms with Gasteiger partial charge < -0.3 is 14.7 Å². The van der Waals surface area contributed by atoms with Crippen molar-refractivity contribution < 1.29 is 14.1 Å². The topological polar surface area (TPSA) is 114 Å². The minimum Gasteiger partial charge on any atom is -0.337 e. The van der Waals surface area contributed by atoms with Gasteiger partial charge in [0, 0.05) is 49.3 Å². The van der Waals surface area contributed by atoms with Crippen LogP contribution in [0.3, 0.4) is 0 Å². The molecule has 0 atom stereocenters. The summed E-state index contributed by atoms with van der Waals surface area (Å²) in [6.07, 6.45) is 4.87. The van der Waals surface area contributed by atoms with Crippen LogP contribution in [0.15, 0.2) is 34.4 Å². The molecule has 10 heteroatoms. The highest BCUT2D eigenvalue weighted by Gasteiger charge is 2.28. The number of rotatable bonds is 4. The zero-order valence-corrected chi connectivity index (χ0v) is 16.0. The molecule has 0 aromatic carbocycles. The fourth-order valence-corrected chi connectivity index (χ4v) is 3.83. The summed E-state index contributed by atoms with van der Waals surface area (Å²) in [5.74, 6) is 0.954. The summed E-state index contributed by atoms with van der Waals surface area (Å²) >= 11 is 1.24. The minimum absolute atomic E-state index is 0.128. The Kier molecular flexibility index (Phi) is 5.11. The third-order valence-electron chi connectivity index (χ3n) is 4.52. The Morgan fingerprint density at radius 2 is 1.96 bits per heavy atom. The number of anilines is 1. The number of carbonyl (C=O) groups is 2. The second-order valence-corrected chi connectivity index (χ2v) is 7.34. The molecule has 4 rings (SSSR count). The van der Waals surface area contributed by atoms with E-state index in [4.69, 9.17) is 4.52 Å². The smallest absolute Gasteiger partial charge is 0.273 e. The predicted octanol–water partition coefficient (Wildman–Crippen LogP) is 2.57. The third kappa shape index (κ3) is 3.91. The monoisotopic (exact) mass is 398 g/mol.